The van der Waals surface area contributed by atoms with Gasteiger partial charge in [-0.05, 0) is 30.3 Å². The fourth-order valence-electron chi connectivity index (χ4n) is 2.72. The Labute approximate surface area is 151 Å². The van der Waals surface area contributed by atoms with E-state index in [-0.39, 0.29) is 0 Å². The van der Waals surface area contributed by atoms with Crippen LogP contribution in [0.1, 0.15) is 25.0 Å². The topological polar surface area (TPSA) is 57.5 Å². The molecule has 1 aromatic heterocycles. The van der Waals surface area contributed by atoms with E-state index in [9.17, 15) is 0 Å². The molecule has 0 saturated carbocycles. The molecule has 2 aromatic rings. The fourth-order valence-corrected chi connectivity index (χ4v) is 2.72. The number of hydrogen-bond acceptors (Lipinski definition) is 3. The average Bonchev–Trinajstić information content (AvgIpc) is 3.15. The van der Waals surface area contributed by atoms with Crippen LogP contribution >= 0.6 is 0 Å². The van der Waals surface area contributed by atoms with Crippen LogP contribution in [0, 0.1) is 0 Å². The van der Waals surface area contributed by atoms with Gasteiger partial charge in [0, 0.05) is 39.1 Å². The molecular formula is C19H30N6. The molecule has 1 heterocycles. The lowest BCUT2D eigenvalue weighted by molar-refractivity contribution is 0.308. The Bertz CT molecular complexity index is 631. The number of guanidine groups is 1. The smallest absolute Gasteiger partial charge is 0.191 e. The van der Waals surface area contributed by atoms with Crippen molar-refractivity contribution in [2.45, 2.75) is 26.9 Å². The zero-order chi connectivity index (χ0) is 17.9. The molecule has 0 unspecified atom stereocenters. The normalized spacial score (nSPS) is 11.8. The van der Waals surface area contributed by atoms with E-state index >= 15 is 0 Å². The van der Waals surface area contributed by atoms with Gasteiger partial charge in [-0.25, -0.2) is 0 Å². The Kier molecular flexibility index (Phi) is 7.98. The van der Waals surface area contributed by atoms with E-state index in [0.717, 1.165) is 45.2 Å². The summed E-state index contributed by atoms with van der Waals surface area (Å²) in [4.78, 5) is 6.70. The minimum Gasteiger partial charge on any atom is -0.355 e. The first-order chi connectivity index (χ1) is 12.3. The molecular weight excluding hydrogens is 312 g/mol. The number of rotatable bonds is 9. The summed E-state index contributed by atoms with van der Waals surface area (Å²) in [7, 11) is 1.81. The molecule has 0 radical (unpaired) electrons. The van der Waals surface area contributed by atoms with Crippen molar-refractivity contribution in [1.29, 1.82) is 0 Å². The Balaban J connectivity index is 1.87. The molecule has 1 aromatic carbocycles. The summed E-state index contributed by atoms with van der Waals surface area (Å²) < 4.78 is 1.94. The molecule has 0 aliphatic rings. The van der Waals surface area contributed by atoms with Gasteiger partial charge in [0.1, 0.15) is 0 Å². The number of benzene rings is 1. The molecule has 2 rings (SSSR count). The number of aromatic nitrogens is 2. The predicted octanol–water partition coefficient (Wildman–Crippen LogP) is 1.94. The highest BCUT2D eigenvalue weighted by atomic mass is 15.3. The third-order valence-electron chi connectivity index (χ3n) is 4.29. The largest absolute Gasteiger partial charge is 0.355 e. The molecule has 0 aliphatic carbocycles. The van der Waals surface area contributed by atoms with E-state index in [4.69, 9.17) is 0 Å². The summed E-state index contributed by atoms with van der Waals surface area (Å²) in [6, 6.07) is 10.4. The van der Waals surface area contributed by atoms with E-state index in [1.54, 1.807) is 0 Å². The van der Waals surface area contributed by atoms with E-state index in [2.05, 4.69) is 63.7 Å². The summed E-state index contributed by atoms with van der Waals surface area (Å²) in [6.07, 6.45) is 3.79. The highest BCUT2D eigenvalue weighted by Gasteiger charge is 2.05. The van der Waals surface area contributed by atoms with Crippen LogP contribution in [0.4, 0.5) is 0 Å². The Morgan fingerprint density at radius 1 is 1.12 bits per heavy atom. The van der Waals surface area contributed by atoms with E-state index < -0.39 is 0 Å². The third kappa shape index (κ3) is 6.23. The zero-order valence-electron chi connectivity index (χ0n) is 15.6. The number of aliphatic imine (C=N–C) groups is 1. The number of nitrogens with zero attached hydrogens (tertiary/aromatic N) is 4. The van der Waals surface area contributed by atoms with Gasteiger partial charge < -0.3 is 15.5 Å². The van der Waals surface area contributed by atoms with Crippen LogP contribution in [0.25, 0.3) is 0 Å². The Hall–Kier alpha value is -2.34. The first kappa shape index (κ1) is 19.0. The van der Waals surface area contributed by atoms with E-state index in [0.29, 0.717) is 0 Å². The molecule has 0 fully saturated rings. The van der Waals surface area contributed by atoms with Gasteiger partial charge in [0.25, 0.3) is 0 Å². The summed E-state index contributed by atoms with van der Waals surface area (Å²) in [5.41, 5.74) is 2.52. The lowest BCUT2D eigenvalue weighted by Gasteiger charge is -2.19. The number of nitrogens with one attached hydrogen (secondary N) is 2. The second-order valence-electron chi connectivity index (χ2n) is 5.85. The van der Waals surface area contributed by atoms with E-state index in [1.165, 1.54) is 11.1 Å². The van der Waals surface area contributed by atoms with Crippen molar-refractivity contribution in [3.05, 3.63) is 53.9 Å². The van der Waals surface area contributed by atoms with Gasteiger partial charge in [0.2, 0.25) is 0 Å². The highest BCUT2D eigenvalue weighted by molar-refractivity contribution is 5.79. The monoisotopic (exact) mass is 342 g/mol. The second-order valence-corrected chi connectivity index (χ2v) is 5.85. The molecule has 6 nitrogen and oxygen atoms in total. The van der Waals surface area contributed by atoms with Gasteiger partial charge in [-0.15, -0.1) is 0 Å². The van der Waals surface area contributed by atoms with Gasteiger partial charge in [0.05, 0.1) is 6.54 Å². The van der Waals surface area contributed by atoms with Crippen molar-refractivity contribution >= 4 is 5.96 Å². The van der Waals surface area contributed by atoms with Gasteiger partial charge in [0.15, 0.2) is 5.96 Å². The minimum atomic E-state index is 0.738. The van der Waals surface area contributed by atoms with Gasteiger partial charge in [-0.3, -0.25) is 9.67 Å². The lowest BCUT2D eigenvalue weighted by Crippen LogP contribution is -2.41. The first-order valence-corrected chi connectivity index (χ1v) is 8.97. The predicted molar refractivity (Wildman–Crippen MR) is 104 cm³/mol. The highest BCUT2D eigenvalue weighted by Crippen LogP contribution is 2.10. The van der Waals surface area contributed by atoms with Crippen molar-refractivity contribution < 1.29 is 0 Å². The summed E-state index contributed by atoms with van der Waals surface area (Å²) >= 11 is 0. The summed E-state index contributed by atoms with van der Waals surface area (Å²) in [6.45, 7) is 9.94. The Morgan fingerprint density at radius 2 is 1.88 bits per heavy atom. The maximum absolute atomic E-state index is 4.32. The number of hydrogen-bond donors (Lipinski definition) is 2. The fraction of sp³-hybridized carbons (Fsp3) is 0.474. The number of likely N-dealkylation sites (N-methyl/N-ethyl adjacent to an activating group) is 1. The molecule has 0 saturated heterocycles. The zero-order valence-corrected chi connectivity index (χ0v) is 15.6. The van der Waals surface area contributed by atoms with Gasteiger partial charge in [-0.2, -0.15) is 5.10 Å². The molecule has 6 heteroatoms. The quantitative estimate of drug-likeness (QED) is 0.540. The molecule has 0 bridgehead atoms. The van der Waals surface area contributed by atoms with Gasteiger partial charge >= 0.3 is 0 Å². The van der Waals surface area contributed by atoms with Crippen molar-refractivity contribution in [2.75, 3.05) is 33.2 Å². The van der Waals surface area contributed by atoms with Crippen molar-refractivity contribution in [1.82, 2.24) is 25.3 Å². The van der Waals surface area contributed by atoms with Crippen LogP contribution in [0.2, 0.25) is 0 Å². The van der Waals surface area contributed by atoms with Crippen molar-refractivity contribution in [2.24, 2.45) is 4.99 Å². The van der Waals surface area contributed by atoms with Crippen LogP contribution in [-0.2, 0) is 13.1 Å². The standard InChI is InChI=1S/C19H30N6/c1-4-24(5-2)14-12-21-19(20-3)22-15-17-9-6-7-10-18(17)16-25-13-8-11-23-25/h6-11,13H,4-5,12,14-16H2,1-3H3,(H2,20,21,22). The van der Waals surface area contributed by atoms with Crippen molar-refractivity contribution in [3.63, 3.8) is 0 Å². The van der Waals surface area contributed by atoms with E-state index in [1.807, 2.05) is 30.2 Å². The van der Waals surface area contributed by atoms with Crippen LogP contribution in [-0.4, -0.2) is 53.9 Å². The SMILES string of the molecule is CCN(CC)CCNC(=NC)NCc1ccccc1Cn1cccn1. The maximum atomic E-state index is 4.32. The minimum absolute atomic E-state index is 0.738. The van der Waals surface area contributed by atoms with Crippen LogP contribution in [0.15, 0.2) is 47.7 Å². The third-order valence-corrected chi connectivity index (χ3v) is 4.29. The summed E-state index contributed by atoms with van der Waals surface area (Å²) in [5, 5.41) is 11.1. The molecule has 0 amide bonds. The van der Waals surface area contributed by atoms with Crippen LogP contribution < -0.4 is 10.6 Å². The Morgan fingerprint density at radius 3 is 2.52 bits per heavy atom. The second kappa shape index (κ2) is 10.5. The molecule has 0 spiro atoms. The summed E-state index contributed by atoms with van der Waals surface area (Å²) in [5.74, 6) is 0.834. The van der Waals surface area contributed by atoms with Gasteiger partial charge in [-0.1, -0.05) is 38.1 Å². The van der Waals surface area contributed by atoms with Crippen LogP contribution in [0.5, 0.6) is 0 Å². The molecule has 2 N–H and O–H groups in total. The maximum Gasteiger partial charge on any atom is 0.191 e. The lowest BCUT2D eigenvalue weighted by atomic mass is 10.1. The molecule has 0 atom stereocenters. The molecule has 25 heavy (non-hydrogen) atoms. The van der Waals surface area contributed by atoms with Crippen LogP contribution in [0.3, 0.4) is 0 Å². The van der Waals surface area contributed by atoms with Crippen molar-refractivity contribution in [3.8, 4) is 0 Å². The average molecular weight is 342 g/mol. The molecule has 0 aliphatic heterocycles. The first-order valence-electron chi connectivity index (χ1n) is 8.97. The molecule has 136 valence electrons.